The van der Waals surface area contributed by atoms with Gasteiger partial charge in [0, 0.05) is 18.3 Å². The molecule has 0 aliphatic rings. The third kappa shape index (κ3) is 3.72. The maximum absolute atomic E-state index is 11.6. The number of nitrogen functional groups attached to an aromatic ring is 1. The van der Waals surface area contributed by atoms with E-state index in [1.54, 1.807) is 18.2 Å². The number of nitro benzene ring substituents is 1. The van der Waals surface area contributed by atoms with Gasteiger partial charge in [0.05, 0.1) is 19.1 Å². The van der Waals surface area contributed by atoms with Crippen molar-refractivity contribution in [3.63, 3.8) is 0 Å². The number of methoxy groups -OCH3 is 2. The number of hydrogen-bond acceptors (Lipinski definition) is 7. The zero-order valence-corrected chi connectivity index (χ0v) is 13.2. The van der Waals surface area contributed by atoms with Crippen molar-refractivity contribution in [2.45, 2.75) is 6.54 Å². The second-order valence-corrected chi connectivity index (χ2v) is 4.91. The van der Waals surface area contributed by atoms with Gasteiger partial charge in [-0.15, -0.1) is 0 Å². The van der Waals surface area contributed by atoms with E-state index in [9.17, 15) is 14.9 Å². The molecule has 2 aromatic carbocycles. The van der Waals surface area contributed by atoms with Crippen LogP contribution in [-0.4, -0.2) is 25.1 Å². The second kappa shape index (κ2) is 7.32. The first-order valence-corrected chi connectivity index (χ1v) is 6.99. The average Bonchev–Trinajstić information content (AvgIpc) is 2.58. The predicted octanol–water partition coefficient (Wildman–Crippen LogP) is 2.58. The second-order valence-electron chi connectivity index (χ2n) is 4.91. The van der Waals surface area contributed by atoms with Crippen LogP contribution >= 0.6 is 0 Å². The van der Waals surface area contributed by atoms with E-state index in [1.807, 2.05) is 0 Å². The number of ether oxygens (including phenoxy) is 2. The van der Waals surface area contributed by atoms with Gasteiger partial charge in [0.25, 0.3) is 5.69 Å². The summed E-state index contributed by atoms with van der Waals surface area (Å²) in [4.78, 5) is 22.2. The summed E-state index contributed by atoms with van der Waals surface area (Å²) < 4.78 is 9.86. The first-order chi connectivity index (χ1) is 11.5. The Balaban J connectivity index is 2.22. The number of nitro groups is 1. The van der Waals surface area contributed by atoms with Gasteiger partial charge in [-0.1, -0.05) is 6.07 Å². The van der Waals surface area contributed by atoms with Crippen molar-refractivity contribution in [3.05, 3.63) is 57.6 Å². The minimum absolute atomic E-state index is 0.0673. The molecule has 0 bridgehead atoms. The van der Waals surface area contributed by atoms with E-state index in [0.29, 0.717) is 29.2 Å². The fourth-order valence-corrected chi connectivity index (χ4v) is 2.18. The Kier molecular flexibility index (Phi) is 5.20. The molecule has 0 aliphatic carbocycles. The molecule has 2 rings (SSSR count). The molecule has 0 aromatic heterocycles. The minimum Gasteiger partial charge on any atom is -0.496 e. The van der Waals surface area contributed by atoms with Crippen molar-refractivity contribution in [3.8, 4) is 5.75 Å². The van der Waals surface area contributed by atoms with Crippen LogP contribution in [0.25, 0.3) is 0 Å². The largest absolute Gasteiger partial charge is 0.496 e. The summed E-state index contributed by atoms with van der Waals surface area (Å²) in [7, 11) is 2.73. The van der Waals surface area contributed by atoms with Crippen molar-refractivity contribution < 1.29 is 19.2 Å². The van der Waals surface area contributed by atoms with E-state index in [-0.39, 0.29) is 5.69 Å². The lowest BCUT2D eigenvalue weighted by Gasteiger charge is -2.11. The first-order valence-electron chi connectivity index (χ1n) is 6.99. The molecule has 0 aliphatic heterocycles. The molecule has 2 aromatic rings. The maximum Gasteiger partial charge on any atom is 0.341 e. The number of anilines is 2. The molecule has 3 N–H and O–H groups in total. The molecule has 0 heterocycles. The summed E-state index contributed by atoms with van der Waals surface area (Å²) >= 11 is 0. The number of carbonyl (C=O) groups is 1. The average molecular weight is 331 g/mol. The molecule has 0 unspecified atom stereocenters. The molecule has 0 spiro atoms. The Morgan fingerprint density at radius 1 is 1.25 bits per heavy atom. The standard InChI is InChI=1S/C16H17N3O5/c1-23-15-7-10(3-5-12(15)16(20)24-2)9-18-13-8-11(17)4-6-14(13)19(21)22/h3-8,18H,9,17H2,1-2H3. The van der Waals surface area contributed by atoms with Gasteiger partial charge in [0.2, 0.25) is 0 Å². The highest BCUT2D eigenvalue weighted by Crippen LogP contribution is 2.28. The highest BCUT2D eigenvalue weighted by molar-refractivity contribution is 5.92. The molecular weight excluding hydrogens is 314 g/mol. The first kappa shape index (κ1) is 17.1. The van der Waals surface area contributed by atoms with E-state index in [0.717, 1.165) is 5.56 Å². The molecule has 0 saturated carbocycles. The summed E-state index contributed by atoms with van der Waals surface area (Å²) in [6.45, 7) is 0.294. The lowest BCUT2D eigenvalue weighted by atomic mass is 10.1. The molecule has 0 atom stereocenters. The maximum atomic E-state index is 11.6. The summed E-state index contributed by atoms with van der Waals surface area (Å²) in [5.74, 6) is -0.138. The van der Waals surface area contributed by atoms with Crippen LogP contribution in [0.15, 0.2) is 36.4 Å². The Hall–Kier alpha value is -3.29. The van der Waals surface area contributed by atoms with E-state index in [4.69, 9.17) is 10.5 Å². The molecule has 8 nitrogen and oxygen atoms in total. The van der Waals surface area contributed by atoms with Gasteiger partial charge >= 0.3 is 5.97 Å². The topological polar surface area (TPSA) is 117 Å². The van der Waals surface area contributed by atoms with Crippen LogP contribution in [0.1, 0.15) is 15.9 Å². The van der Waals surface area contributed by atoms with Gasteiger partial charge in [0.1, 0.15) is 17.0 Å². The number of nitrogens with one attached hydrogen (secondary N) is 1. The zero-order valence-electron chi connectivity index (χ0n) is 13.2. The van der Waals surface area contributed by atoms with Crippen LogP contribution in [0, 0.1) is 10.1 Å². The van der Waals surface area contributed by atoms with Crippen molar-refractivity contribution in [2.24, 2.45) is 0 Å². The normalized spacial score (nSPS) is 10.1. The number of benzene rings is 2. The molecule has 0 amide bonds. The third-order valence-electron chi connectivity index (χ3n) is 3.37. The van der Waals surface area contributed by atoms with Gasteiger partial charge in [0.15, 0.2) is 0 Å². The minimum atomic E-state index is -0.502. The van der Waals surface area contributed by atoms with Crippen molar-refractivity contribution in [2.75, 3.05) is 25.3 Å². The van der Waals surface area contributed by atoms with Crippen LogP contribution < -0.4 is 15.8 Å². The molecule has 8 heteroatoms. The summed E-state index contributed by atoms with van der Waals surface area (Å²) in [5.41, 5.74) is 7.42. The molecule has 0 saturated heterocycles. The third-order valence-corrected chi connectivity index (χ3v) is 3.37. The van der Waals surface area contributed by atoms with Gasteiger partial charge in [-0.2, -0.15) is 0 Å². The summed E-state index contributed by atoms with van der Waals surface area (Å²) in [6, 6.07) is 9.26. The molecule has 24 heavy (non-hydrogen) atoms. The van der Waals surface area contributed by atoms with Crippen molar-refractivity contribution in [1.29, 1.82) is 0 Å². The summed E-state index contributed by atoms with van der Waals surface area (Å²) in [5, 5.41) is 14.0. The molecule has 126 valence electrons. The number of carbonyl (C=O) groups excluding carboxylic acids is 1. The van der Waals surface area contributed by atoms with Crippen LogP contribution in [0.4, 0.5) is 17.1 Å². The van der Waals surface area contributed by atoms with E-state index < -0.39 is 10.9 Å². The van der Waals surface area contributed by atoms with Gasteiger partial charge in [-0.3, -0.25) is 10.1 Å². The monoisotopic (exact) mass is 331 g/mol. The highest BCUT2D eigenvalue weighted by atomic mass is 16.6. The fraction of sp³-hybridized carbons (Fsp3) is 0.188. The Labute approximate surface area is 138 Å². The molecular formula is C16H17N3O5. The number of esters is 1. The molecule has 0 fully saturated rings. The fourth-order valence-electron chi connectivity index (χ4n) is 2.18. The van der Waals surface area contributed by atoms with Crippen LogP contribution in [-0.2, 0) is 11.3 Å². The predicted molar refractivity (Wildman–Crippen MR) is 89.2 cm³/mol. The summed E-state index contributed by atoms with van der Waals surface area (Å²) in [6.07, 6.45) is 0. The van der Waals surface area contributed by atoms with E-state index in [1.165, 1.54) is 32.4 Å². The van der Waals surface area contributed by atoms with Crippen molar-refractivity contribution >= 4 is 23.0 Å². The smallest absolute Gasteiger partial charge is 0.341 e. The number of rotatable bonds is 6. The lowest BCUT2D eigenvalue weighted by molar-refractivity contribution is -0.383. The Morgan fingerprint density at radius 3 is 2.62 bits per heavy atom. The van der Waals surface area contributed by atoms with E-state index in [2.05, 4.69) is 10.1 Å². The number of nitrogens with zero attached hydrogens (tertiary/aromatic N) is 1. The number of hydrogen-bond donors (Lipinski definition) is 2. The van der Waals surface area contributed by atoms with Crippen molar-refractivity contribution in [1.82, 2.24) is 0 Å². The van der Waals surface area contributed by atoms with Gasteiger partial charge in [-0.25, -0.2) is 4.79 Å². The van der Waals surface area contributed by atoms with Gasteiger partial charge in [-0.05, 0) is 29.8 Å². The SMILES string of the molecule is COC(=O)c1ccc(CNc2cc(N)ccc2[N+](=O)[O-])cc1OC. The highest BCUT2D eigenvalue weighted by Gasteiger charge is 2.15. The number of nitrogens with two attached hydrogens (primary N) is 1. The van der Waals surface area contributed by atoms with Crippen LogP contribution in [0.2, 0.25) is 0 Å². The molecule has 0 radical (unpaired) electrons. The Morgan fingerprint density at radius 2 is 2.00 bits per heavy atom. The van der Waals surface area contributed by atoms with E-state index >= 15 is 0 Å². The van der Waals surface area contributed by atoms with Gasteiger partial charge < -0.3 is 20.5 Å². The lowest BCUT2D eigenvalue weighted by Crippen LogP contribution is -2.07. The Bertz CT molecular complexity index is 776. The van der Waals surface area contributed by atoms with Crippen LogP contribution in [0.5, 0.6) is 5.75 Å². The zero-order chi connectivity index (χ0) is 17.7. The van der Waals surface area contributed by atoms with Crippen LogP contribution in [0.3, 0.4) is 0 Å². The quantitative estimate of drug-likeness (QED) is 0.361.